The molecule has 3 aromatic rings. The lowest BCUT2D eigenvalue weighted by molar-refractivity contribution is 0.102. The minimum Gasteiger partial charge on any atom is -0.507 e. The first kappa shape index (κ1) is 14.5. The SMILES string of the molecule is CSc1nnc(NC(=O)c2cc(-c3ccccc3O)n[nH]2)s1. The number of para-hydroxylation sites is 1. The van der Waals surface area contributed by atoms with Crippen LogP contribution in [0.2, 0.25) is 0 Å². The molecule has 0 spiro atoms. The van der Waals surface area contributed by atoms with Crippen LogP contribution >= 0.6 is 23.1 Å². The molecule has 112 valence electrons. The third-order valence-electron chi connectivity index (χ3n) is 2.80. The van der Waals surface area contributed by atoms with Gasteiger partial charge in [-0.05, 0) is 24.5 Å². The Labute approximate surface area is 133 Å². The van der Waals surface area contributed by atoms with Gasteiger partial charge in [0.05, 0.1) is 5.69 Å². The summed E-state index contributed by atoms with van der Waals surface area (Å²) in [6.45, 7) is 0. The molecule has 0 radical (unpaired) electrons. The van der Waals surface area contributed by atoms with Crippen molar-refractivity contribution in [3.8, 4) is 17.0 Å². The smallest absolute Gasteiger partial charge is 0.275 e. The van der Waals surface area contributed by atoms with Gasteiger partial charge in [0.15, 0.2) is 4.34 Å². The highest BCUT2D eigenvalue weighted by atomic mass is 32.2. The molecular formula is C13H11N5O2S2. The second-order valence-corrected chi connectivity index (χ2v) is 6.25. The summed E-state index contributed by atoms with van der Waals surface area (Å²) in [7, 11) is 0. The van der Waals surface area contributed by atoms with Gasteiger partial charge in [0.25, 0.3) is 5.91 Å². The maximum Gasteiger partial charge on any atom is 0.275 e. The zero-order valence-electron chi connectivity index (χ0n) is 11.4. The van der Waals surface area contributed by atoms with E-state index in [2.05, 4.69) is 25.7 Å². The maximum atomic E-state index is 12.1. The van der Waals surface area contributed by atoms with Crippen molar-refractivity contribution in [2.24, 2.45) is 0 Å². The number of hydrogen-bond donors (Lipinski definition) is 3. The van der Waals surface area contributed by atoms with E-state index in [4.69, 9.17) is 0 Å². The van der Waals surface area contributed by atoms with E-state index in [1.165, 1.54) is 23.1 Å². The van der Waals surface area contributed by atoms with Gasteiger partial charge in [-0.1, -0.05) is 35.2 Å². The fourth-order valence-corrected chi connectivity index (χ4v) is 2.94. The summed E-state index contributed by atoms with van der Waals surface area (Å²) in [6.07, 6.45) is 1.89. The number of benzene rings is 1. The van der Waals surface area contributed by atoms with Gasteiger partial charge in [-0.25, -0.2) is 0 Å². The van der Waals surface area contributed by atoms with Crippen molar-refractivity contribution in [1.82, 2.24) is 20.4 Å². The largest absolute Gasteiger partial charge is 0.507 e. The Balaban J connectivity index is 1.78. The highest BCUT2D eigenvalue weighted by molar-refractivity contribution is 8.00. The highest BCUT2D eigenvalue weighted by Crippen LogP contribution is 2.28. The Morgan fingerprint density at radius 3 is 2.91 bits per heavy atom. The first-order valence-corrected chi connectivity index (χ1v) is 8.24. The van der Waals surface area contributed by atoms with Crippen LogP contribution < -0.4 is 5.32 Å². The molecule has 0 fully saturated rings. The quantitative estimate of drug-likeness (QED) is 0.501. The Morgan fingerprint density at radius 1 is 1.36 bits per heavy atom. The first-order valence-electron chi connectivity index (χ1n) is 6.20. The number of aromatic amines is 1. The number of nitrogens with one attached hydrogen (secondary N) is 2. The van der Waals surface area contributed by atoms with Gasteiger partial charge in [-0.15, -0.1) is 10.2 Å². The van der Waals surface area contributed by atoms with Crippen molar-refractivity contribution in [2.45, 2.75) is 4.34 Å². The Kier molecular flexibility index (Phi) is 4.07. The minimum absolute atomic E-state index is 0.106. The van der Waals surface area contributed by atoms with Crippen molar-refractivity contribution in [1.29, 1.82) is 0 Å². The molecule has 0 aliphatic rings. The molecule has 0 aliphatic carbocycles. The Morgan fingerprint density at radius 2 is 2.18 bits per heavy atom. The summed E-state index contributed by atoms with van der Waals surface area (Å²) >= 11 is 2.76. The predicted octanol–water partition coefficient (Wildman–Crippen LogP) is 2.61. The zero-order valence-corrected chi connectivity index (χ0v) is 13.0. The topological polar surface area (TPSA) is 104 Å². The van der Waals surface area contributed by atoms with Crippen molar-refractivity contribution in [3.63, 3.8) is 0 Å². The summed E-state index contributed by atoms with van der Waals surface area (Å²) < 4.78 is 0.773. The van der Waals surface area contributed by atoms with Crippen LogP contribution in [-0.4, -0.2) is 37.7 Å². The molecule has 0 saturated carbocycles. The van der Waals surface area contributed by atoms with Crippen LogP contribution in [0.25, 0.3) is 11.3 Å². The van der Waals surface area contributed by atoms with Crippen molar-refractivity contribution in [3.05, 3.63) is 36.0 Å². The zero-order chi connectivity index (χ0) is 15.5. The van der Waals surface area contributed by atoms with E-state index in [-0.39, 0.29) is 17.4 Å². The fourth-order valence-electron chi connectivity index (χ4n) is 1.77. The van der Waals surface area contributed by atoms with Crippen LogP contribution in [0.1, 0.15) is 10.5 Å². The number of carbonyl (C=O) groups is 1. The van der Waals surface area contributed by atoms with Gasteiger partial charge in [0, 0.05) is 5.56 Å². The lowest BCUT2D eigenvalue weighted by Crippen LogP contribution is -2.12. The molecule has 7 nitrogen and oxygen atoms in total. The lowest BCUT2D eigenvalue weighted by Gasteiger charge is -1.98. The number of hydrogen-bond acceptors (Lipinski definition) is 7. The number of aromatic nitrogens is 4. The number of amides is 1. The molecule has 0 unspecified atom stereocenters. The number of rotatable bonds is 4. The molecule has 0 bridgehead atoms. The number of thioether (sulfide) groups is 1. The number of aromatic hydroxyl groups is 1. The van der Waals surface area contributed by atoms with Gasteiger partial charge < -0.3 is 5.11 Å². The molecule has 0 saturated heterocycles. The monoisotopic (exact) mass is 333 g/mol. The normalized spacial score (nSPS) is 10.6. The average molecular weight is 333 g/mol. The number of H-pyrrole nitrogens is 1. The lowest BCUT2D eigenvalue weighted by atomic mass is 10.1. The molecule has 0 atom stereocenters. The van der Waals surface area contributed by atoms with Crippen LogP contribution in [0.15, 0.2) is 34.7 Å². The van der Waals surface area contributed by atoms with Crippen LogP contribution in [0.4, 0.5) is 5.13 Å². The maximum absolute atomic E-state index is 12.1. The first-order chi connectivity index (χ1) is 10.7. The van der Waals surface area contributed by atoms with Crippen LogP contribution in [0.5, 0.6) is 5.75 Å². The molecule has 3 rings (SSSR count). The Hall–Kier alpha value is -2.39. The van der Waals surface area contributed by atoms with E-state index in [0.717, 1.165) is 4.34 Å². The second kappa shape index (κ2) is 6.16. The number of phenolic OH excluding ortho intramolecular Hbond substituents is 1. The van der Waals surface area contributed by atoms with Gasteiger partial charge in [0.1, 0.15) is 11.4 Å². The van der Waals surface area contributed by atoms with Gasteiger partial charge in [0.2, 0.25) is 5.13 Å². The molecule has 0 aliphatic heterocycles. The molecule has 1 aromatic carbocycles. The molecule has 22 heavy (non-hydrogen) atoms. The van der Waals surface area contributed by atoms with E-state index in [1.54, 1.807) is 30.3 Å². The highest BCUT2D eigenvalue weighted by Gasteiger charge is 2.14. The van der Waals surface area contributed by atoms with Crippen molar-refractivity contribution < 1.29 is 9.90 Å². The molecule has 2 aromatic heterocycles. The average Bonchev–Trinajstić information content (AvgIpc) is 3.16. The minimum atomic E-state index is -0.363. The number of anilines is 1. The van der Waals surface area contributed by atoms with Crippen LogP contribution in [0, 0.1) is 0 Å². The number of phenols is 1. The standard InChI is InChI=1S/C13H11N5O2S2/c1-21-13-18-17-12(22-13)14-11(20)9-6-8(15-16-9)7-4-2-3-5-10(7)19/h2-6,19H,1H3,(H,15,16)(H,14,17,20). The Bertz CT molecular complexity index is 814. The van der Waals surface area contributed by atoms with E-state index in [1.807, 2.05) is 6.26 Å². The molecule has 2 heterocycles. The summed E-state index contributed by atoms with van der Waals surface area (Å²) in [6, 6.07) is 8.37. The second-order valence-electron chi connectivity index (χ2n) is 4.22. The molecule has 1 amide bonds. The van der Waals surface area contributed by atoms with Crippen molar-refractivity contribution >= 4 is 34.1 Å². The molecular weight excluding hydrogens is 322 g/mol. The summed E-state index contributed by atoms with van der Waals surface area (Å²) in [5.41, 5.74) is 1.32. The van der Waals surface area contributed by atoms with Crippen LogP contribution in [-0.2, 0) is 0 Å². The van der Waals surface area contributed by atoms with E-state index in [9.17, 15) is 9.90 Å². The molecule has 3 N–H and O–H groups in total. The fraction of sp³-hybridized carbons (Fsp3) is 0.0769. The van der Waals surface area contributed by atoms with Crippen molar-refractivity contribution in [2.75, 3.05) is 11.6 Å². The third kappa shape index (κ3) is 2.95. The van der Waals surface area contributed by atoms with E-state index in [0.29, 0.717) is 16.4 Å². The third-order valence-corrected chi connectivity index (χ3v) is 4.62. The van der Waals surface area contributed by atoms with Gasteiger partial charge in [-0.2, -0.15) is 5.10 Å². The van der Waals surface area contributed by atoms with E-state index >= 15 is 0 Å². The number of carbonyl (C=O) groups excluding carboxylic acids is 1. The van der Waals surface area contributed by atoms with Gasteiger partial charge >= 0.3 is 0 Å². The predicted molar refractivity (Wildman–Crippen MR) is 85.3 cm³/mol. The summed E-state index contributed by atoms with van der Waals surface area (Å²) in [5.74, 6) is -0.257. The number of nitrogens with zero attached hydrogens (tertiary/aromatic N) is 3. The summed E-state index contributed by atoms with van der Waals surface area (Å²) in [5, 5.41) is 27.4. The van der Waals surface area contributed by atoms with Crippen LogP contribution in [0.3, 0.4) is 0 Å². The van der Waals surface area contributed by atoms with Gasteiger partial charge in [-0.3, -0.25) is 15.2 Å². The molecule has 9 heteroatoms. The van der Waals surface area contributed by atoms with E-state index < -0.39 is 0 Å². The summed E-state index contributed by atoms with van der Waals surface area (Å²) in [4.78, 5) is 12.1.